The molecular formula is C25H29BrClN3O3. The molecular weight excluding hydrogens is 506 g/mol. The number of para-hydroxylation sites is 1. The second-order valence-corrected chi connectivity index (χ2v) is 10.2. The van der Waals surface area contributed by atoms with Gasteiger partial charge in [0.1, 0.15) is 5.75 Å². The molecule has 0 radical (unpaired) electrons. The van der Waals surface area contributed by atoms with E-state index < -0.39 is 0 Å². The third-order valence-corrected chi connectivity index (χ3v) is 7.43. The van der Waals surface area contributed by atoms with Gasteiger partial charge < -0.3 is 19.9 Å². The summed E-state index contributed by atoms with van der Waals surface area (Å²) < 4.78 is 6.56. The van der Waals surface area contributed by atoms with Crippen molar-refractivity contribution in [3.63, 3.8) is 0 Å². The first-order valence-electron chi connectivity index (χ1n) is 11.4. The first-order valence-corrected chi connectivity index (χ1v) is 12.6. The lowest BCUT2D eigenvalue weighted by molar-refractivity contribution is -0.133. The number of amides is 3. The van der Waals surface area contributed by atoms with Crippen LogP contribution in [0.4, 0.5) is 10.5 Å². The third-order valence-electron chi connectivity index (χ3n) is 6.62. The van der Waals surface area contributed by atoms with Crippen molar-refractivity contribution in [2.75, 3.05) is 38.1 Å². The Balaban J connectivity index is 1.19. The summed E-state index contributed by atoms with van der Waals surface area (Å²) in [4.78, 5) is 29.2. The number of benzene rings is 2. The molecule has 6 nitrogen and oxygen atoms in total. The highest BCUT2D eigenvalue weighted by molar-refractivity contribution is 9.10. The minimum atomic E-state index is -0.118. The van der Waals surface area contributed by atoms with E-state index in [-0.39, 0.29) is 17.4 Å². The van der Waals surface area contributed by atoms with E-state index >= 15 is 0 Å². The Bertz CT molecular complexity index is 980. The van der Waals surface area contributed by atoms with Crippen LogP contribution in [0.1, 0.15) is 32.1 Å². The number of likely N-dealkylation sites (tertiary alicyclic amines) is 2. The minimum absolute atomic E-state index is 0.105. The van der Waals surface area contributed by atoms with Gasteiger partial charge in [-0.3, -0.25) is 4.79 Å². The van der Waals surface area contributed by atoms with Gasteiger partial charge in [0, 0.05) is 37.1 Å². The van der Waals surface area contributed by atoms with E-state index in [9.17, 15) is 9.59 Å². The molecule has 33 heavy (non-hydrogen) atoms. The summed E-state index contributed by atoms with van der Waals surface area (Å²) in [6.45, 7) is 3.50. The number of hydrogen-bond acceptors (Lipinski definition) is 3. The molecule has 0 saturated carbocycles. The number of halogens is 2. The molecule has 3 amide bonds. The van der Waals surface area contributed by atoms with E-state index in [0.717, 1.165) is 55.7 Å². The first-order chi connectivity index (χ1) is 15.9. The van der Waals surface area contributed by atoms with E-state index in [1.165, 1.54) is 0 Å². The van der Waals surface area contributed by atoms with Crippen LogP contribution in [0.25, 0.3) is 0 Å². The molecule has 0 aromatic heterocycles. The average Bonchev–Trinajstić information content (AvgIpc) is 3.23. The largest absolute Gasteiger partial charge is 0.494 e. The molecule has 2 aliphatic heterocycles. The summed E-state index contributed by atoms with van der Waals surface area (Å²) in [5, 5.41) is 3.43. The monoisotopic (exact) mass is 533 g/mol. The summed E-state index contributed by atoms with van der Waals surface area (Å²) in [6.07, 6.45) is 4.05. The highest BCUT2D eigenvalue weighted by atomic mass is 79.9. The second-order valence-electron chi connectivity index (χ2n) is 8.87. The Labute approximate surface area is 208 Å². The molecule has 2 fully saturated rings. The maximum absolute atomic E-state index is 12.8. The molecule has 176 valence electrons. The van der Waals surface area contributed by atoms with E-state index in [1.807, 2.05) is 46.2 Å². The lowest BCUT2D eigenvalue weighted by Crippen LogP contribution is -2.45. The summed E-state index contributed by atoms with van der Waals surface area (Å²) in [5.74, 6) is 1.03. The van der Waals surface area contributed by atoms with Crippen molar-refractivity contribution < 1.29 is 14.3 Å². The van der Waals surface area contributed by atoms with Crippen LogP contribution in [-0.4, -0.2) is 54.5 Å². The van der Waals surface area contributed by atoms with Gasteiger partial charge in [-0.25, -0.2) is 4.79 Å². The van der Waals surface area contributed by atoms with Crippen LogP contribution in [0, 0.1) is 5.41 Å². The molecule has 2 aromatic carbocycles. The smallest absolute Gasteiger partial charge is 0.321 e. The maximum Gasteiger partial charge on any atom is 0.321 e. The van der Waals surface area contributed by atoms with Crippen LogP contribution < -0.4 is 10.1 Å². The number of rotatable bonds is 6. The molecule has 0 bridgehead atoms. The highest BCUT2D eigenvalue weighted by Gasteiger charge is 2.42. The molecule has 2 aromatic rings. The van der Waals surface area contributed by atoms with Gasteiger partial charge >= 0.3 is 6.03 Å². The average molecular weight is 535 g/mol. The molecule has 8 heteroatoms. The zero-order chi connectivity index (χ0) is 23.3. The van der Waals surface area contributed by atoms with Crippen molar-refractivity contribution in [2.24, 2.45) is 5.41 Å². The van der Waals surface area contributed by atoms with Crippen molar-refractivity contribution in [3.05, 3.63) is 58.0 Å². The number of carbonyl (C=O) groups is 2. The van der Waals surface area contributed by atoms with Crippen LogP contribution in [0.15, 0.2) is 53.0 Å². The maximum atomic E-state index is 12.8. The van der Waals surface area contributed by atoms with Gasteiger partial charge in [0.15, 0.2) is 0 Å². The number of carbonyl (C=O) groups excluding carboxylic acids is 2. The van der Waals surface area contributed by atoms with Gasteiger partial charge in [-0.2, -0.15) is 0 Å². The van der Waals surface area contributed by atoms with Gasteiger partial charge in [0.25, 0.3) is 0 Å². The quantitative estimate of drug-likeness (QED) is 0.476. The number of anilines is 1. The van der Waals surface area contributed by atoms with Gasteiger partial charge in [-0.1, -0.05) is 45.7 Å². The predicted molar refractivity (Wildman–Crippen MR) is 134 cm³/mol. The second kappa shape index (κ2) is 10.8. The van der Waals surface area contributed by atoms with Crippen LogP contribution in [-0.2, 0) is 4.79 Å². The van der Waals surface area contributed by atoms with Crippen molar-refractivity contribution >= 4 is 45.2 Å². The van der Waals surface area contributed by atoms with Crippen molar-refractivity contribution in [3.8, 4) is 5.75 Å². The standard InChI is InChI=1S/C25H29BrClN3O3/c26-19-8-9-22(21(27)17-19)28-24(32)30-15-12-25(18-30)10-13-29(14-11-25)23(31)7-4-16-33-20-5-2-1-3-6-20/h1-3,5-6,8-9,17H,4,7,10-16,18H2,(H,28,32). The normalized spacial score (nSPS) is 17.3. The summed E-state index contributed by atoms with van der Waals surface area (Å²) >= 11 is 9.61. The Kier molecular flexibility index (Phi) is 7.81. The van der Waals surface area contributed by atoms with Crippen LogP contribution in [0.3, 0.4) is 0 Å². The van der Waals surface area contributed by atoms with E-state index in [1.54, 1.807) is 12.1 Å². The van der Waals surface area contributed by atoms with Crippen LogP contribution in [0.2, 0.25) is 5.02 Å². The van der Waals surface area contributed by atoms with Crippen LogP contribution in [0.5, 0.6) is 5.75 Å². The molecule has 4 rings (SSSR count). The van der Waals surface area contributed by atoms with Crippen LogP contribution >= 0.6 is 27.5 Å². The zero-order valence-corrected chi connectivity index (χ0v) is 20.9. The van der Waals surface area contributed by atoms with E-state index in [0.29, 0.717) is 30.2 Å². The Hall–Kier alpha value is -2.25. The number of hydrogen-bond donors (Lipinski definition) is 1. The van der Waals surface area contributed by atoms with Gasteiger partial charge in [-0.15, -0.1) is 0 Å². The summed E-state index contributed by atoms with van der Waals surface area (Å²) in [6, 6.07) is 15.0. The van der Waals surface area contributed by atoms with Gasteiger partial charge in [-0.05, 0) is 61.4 Å². The number of ether oxygens (including phenoxy) is 1. The molecule has 2 saturated heterocycles. The fourth-order valence-corrected chi connectivity index (χ4v) is 5.34. The lowest BCUT2D eigenvalue weighted by atomic mass is 9.77. The van der Waals surface area contributed by atoms with E-state index in [4.69, 9.17) is 16.3 Å². The molecule has 1 N–H and O–H groups in total. The number of nitrogens with zero attached hydrogens (tertiary/aromatic N) is 2. The van der Waals surface area contributed by atoms with Crippen molar-refractivity contribution in [1.82, 2.24) is 9.80 Å². The molecule has 2 heterocycles. The van der Waals surface area contributed by atoms with E-state index in [2.05, 4.69) is 21.2 Å². The lowest BCUT2D eigenvalue weighted by Gasteiger charge is -2.39. The molecule has 0 unspecified atom stereocenters. The molecule has 1 spiro atoms. The SMILES string of the molecule is O=C(CCCOc1ccccc1)N1CCC2(CC1)CCN(C(=O)Nc1ccc(Br)cc1Cl)C2. The van der Waals surface area contributed by atoms with Crippen molar-refractivity contribution in [2.45, 2.75) is 32.1 Å². The zero-order valence-electron chi connectivity index (χ0n) is 18.6. The number of nitrogens with one attached hydrogen (secondary N) is 1. The Morgan fingerprint density at radius 3 is 2.42 bits per heavy atom. The molecule has 2 aliphatic rings. The number of piperidine rings is 1. The first kappa shape index (κ1) is 23.9. The Morgan fingerprint density at radius 2 is 1.73 bits per heavy atom. The number of urea groups is 1. The van der Waals surface area contributed by atoms with Gasteiger partial charge in [0.2, 0.25) is 5.91 Å². The summed E-state index contributed by atoms with van der Waals surface area (Å²) in [5.41, 5.74) is 0.719. The fraction of sp³-hybridized carbons (Fsp3) is 0.440. The minimum Gasteiger partial charge on any atom is -0.494 e. The Morgan fingerprint density at radius 1 is 1.03 bits per heavy atom. The van der Waals surface area contributed by atoms with Gasteiger partial charge in [0.05, 0.1) is 17.3 Å². The fourth-order valence-electron chi connectivity index (χ4n) is 4.62. The molecule has 0 aliphatic carbocycles. The predicted octanol–water partition coefficient (Wildman–Crippen LogP) is 5.81. The van der Waals surface area contributed by atoms with Crippen molar-refractivity contribution in [1.29, 1.82) is 0 Å². The topological polar surface area (TPSA) is 61.9 Å². The summed E-state index contributed by atoms with van der Waals surface area (Å²) in [7, 11) is 0. The third kappa shape index (κ3) is 6.21. The molecule has 0 atom stereocenters. The highest BCUT2D eigenvalue weighted by Crippen LogP contribution is 2.40.